The van der Waals surface area contributed by atoms with Crippen LogP contribution in [0.4, 0.5) is 22.0 Å². The summed E-state index contributed by atoms with van der Waals surface area (Å²) in [5.41, 5.74) is 0. The predicted molar refractivity (Wildman–Crippen MR) is 72.1 cm³/mol. The second-order valence-corrected chi connectivity index (χ2v) is 6.01. The van der Waals surface area contributed by atoms with Crippen LogP contribution < -0.4 is 0 Å². The largest absolute Gasteiger partial charge is 0.490 e. The molecule has 0 aliphatic heterocycles. The highest BCUT2D eigenvalue weighted by molar-refractivity contribution is 7.95. The summed E-state index contributed by atoms with van der Waals surface area (Å²) in [5, 5.41) is 0. The fraction of sp³-hybridized carbons (Fsp3) is 0.286. The molecule has 0 saturated carbocycles. The van der Waals surface area contributed by atoms with Gasteiger partial charge in [-0.15, -0.1) is 6.42 Å². The Morgan fingerprint density at radius 1 is 1.17 bits per heavy atom. The molecular weight excluding hydrogens is 343 g/mol. The van der Waals surface area contributed by atoms with E-state index >= 15 is 0 Å². The van der Waals surface area contributed by atoms with Gasteiger partial charge in [-0.25, -0.2) is 8.42 Å². The molecule has 0 atom stereocenters. The third kappa shape index (κ3) is 3.64. The van der Waals surface area contributed by atoms with Crippen LogP contribution in [0.15, 0.2) is 45.9 Å². The van der Waals surface area contributed by atoms with Gasteiger partial charge >= 0.3 is 12.1 Å². The smallest absolute Gasteiger partial charge is 0.461 e. The molecule has 0 spiro atoms. The van der Waals surface area contributed by atoms with Crippen LogP contribution >= 0.6 is 0 Å². The van der Waals surface area contributed by atoms with Crippen molar-refractivity contribution in [2.45, 2.75) is 23.9 Å². The van der Waals surface area contributed by atoms with Gasteiger partial charge in [0.1, 0.15) is 0 Å². The lowest BCUT2D eigenvalue weighted by atomic mass is 10.2. The molecule has 0 aromatic heterocycles. The summed E-state index contributed by atoms with van der Waals surface area (Å²) in [6.07, 6.45) is -1.16. The van der Waals surface area contributed by atoms with Gasteiger partial charge in [0.2, 0.25) is 15.6 Å². The molecule has 0 aliphatic rings. The van der Waals surface area contributed by atoms with Crippen molar-refractivity contribution in [3.8, 4) is 12.3 Å². The minimum atomic E-state index is -6.06. The maximum atomic E-state index is 13.6. The van der Waals surface area contributed by atoms with Crippen LogP contribution in [0.1, 0.15) is 6.92 Å². The molecule has 23 heavy (non-hydrogen) atoms. The van der Waals surface area contributed by atoms with E-state index in [0.717, 1.165) is 19.1 Å². The third-order valence-corrected chi connectivity index (χ3v) is 4.32. The molecule has 3 nitrogen and oxygen atoms in total. The number of sulfone groups is 1. The van der Waals surface area contributed by atoms with E-state index in [4.69, 9.17) is 6.42 Å². The van der Waals surface area contributed by atoms with Gasteiger partial charge in [-0.1, -0.05) is 24.1 Å². The first-order chi connectivity index (χ1) is 10.5. The number of alkyl halides is 5. The van der Waals surface area contributed by atoms with E-state index < -0.39 is 44.1 Å². The Morgan fingerprint density at radius 3 is 2.09 bits per heavy atom. The topological polar surface area (TPSA) is 43.4 Å². The molecule has 0 fully saturated rings. The molecule has 0 amide bonds. The second kappa shape index (κ2) is 6.58. The molecule has 0 bridgehead atoms. The van der Waals surface area contributed by atoms with Crippen molar-refractivity contribution in [3.63, 3.8) is 0 Å². The standard InChI is InChI=1S/C14H11F5O3S/c1-3-11(23(20,21)10-8-6-5-7-9-10)12(22-4-2)13(15,16)14(17,18)19/h1,5-9H,4H2,2H3/b12-11-. The molecule has 0 saturated heterocycles. The molecule has 9 heteroatoms. The number of ether oxygens (including phenoxy) is 1. The number of hydrogen-bond acceptors (Lipinski definition) is 3. The first-order valence-electron chi connectivity index (χ1n) is 6.09. The van der Waals surface area contributed by atoms with Gasteiger partial charge in [0.05, 0.1) is 11.5 Å². The zero-order chi connectivity index (χ0) is 17.9. The highest BCUT2D eigenvalue weighted by Gasteiger charge is 2.63. The van der Waals surface area contributed by atoms with Gasteiger partial charge in [-0.05, 0) is 19.1 Å². The number of rotatable bonds is 5. The van der Waals surface area contributed by atoms with E-state index in [9.17, 15) is 30.4 Å². The van der Waals surface area contributed by atoms with Crippen LogP contribution in [0, 0.1) is 12.3 Å². The van der Waals surface area contributed by atoms with E-state index in [0.29, 0.717) is 0 Å². The van der Waals surface area contributed by atoms with E-state index in [1.807, 2.05) is 0 Å². The van der Waals surface area contributed by atoms with Crippen molar-refractivity contribution in [3.05, 3.63) is 41.0 Å². The van der Waals surface area contributed by atoms with Crippen molar-refractivity contribution < 1.29 is 35.1 Å². The molecular formula is C14H11F5O3S. The molecule has 0 heterocycles. The second-order valence-electron chi connectivity index (χ2n) is 4.12. The average Bonchev–Trinajstić information content (AvgIpc) is 2.46. The van der Waals surface area contributed by atoms with E-state index in [-0.39, 0.29) is 0 Å². The first-order valence-corrected chi connectivity index (χ1v) is 7.57. The summed E-state index contributed by atoms with van der Waals surface area (Å²) in [7, 11) is -4.78. The van der Waals surface area contributed by atoms with E-state index in [2.05, 4.69) is 4.74 Å². The molecule has 1 aromatic rings. The summed E-state index contributed by atoms with van der Waals surface area (Å²) in [6, 6.07) is 6.00. The van der Waals surface area contributed by atoms with E-state index in [1.165, 1.54) is 24.1 Å². The lowest BCUT2D eigenvalue weighted by molar-refractivity contribution is -0.276. The van der Waals surface area contributed by atoms with Crippen LogP contribution in [0.2, 0.25) is 0 Å². The molecule has 0 N–H and O–H groups in total. The van der Waals surface area contributed by atoms with Crippen LogP contribution in [-0.4, -0.2) is 27.1 Å². The predicted octanol–water partition coefficient (Wildman–Crippen LogP) is 3.54. The highest BCUT2D eigenvalue weighted by Crippen LogP contribution is 2.43. The fourth-order valence-corrected chi connectivity index (χ4v) is 2.89. The maximum absolute atomic E-state index is 13.6. The Balaban J connectivity index is 3.71. The number of hydrogen-bond donors (Lipinski definition) is 0. The minimum Gasteiger partial charge on any atom is -0.490 e. The van der Waals surface area contributed by atoms with Gasteiger partial charge in [0, 0.05) is 0 Å². The summed E-state index contributed by atoms with van der Waals surface area (Å²) < 4.78 is 93.7. The molecule has 0 radical (unpaired) electrons. The number of allylic oxidation sites excluding steroid dienone is 2. The van der Waals surface area contributed by atoms with Crippen molar-refractivity contribution in [2.24, 2.45) is 0 Å². The third-order valence-electron chi connectivity index (χ3n) is 2.59. The Hall–Kier alpha value is -2.08. The Morgan fingerprint density at radius 2 is 1.70 bits per heavy atom. The monoisotopic (exact) mass is 354 g/mol. The molecule has 126 valence electrons. The van der Waals surface area contributed by atoms with Crippen LogP contribution in [0.25, 0.3) is 0 Å². The minimum absolute atomic E-state index is 0.525. The van der Waals surface area contributed by atoms with Crippen LogP contribution in [0.3, 0.4) is 0 Å². The normalized spacial score (nSPS) is 14.0. The van der Waals surface area contributed by atoms with Gasteiger partial charge in [-0.2, -0.15) is 22.0 Å². The highest BCUT2D eigenvalue weighted by atomic mass is 32.2. The van der Waals surface area contributed by atoms with Gasteiger partial charge < -0.3 is 4.74 Å². The Bertz CT molecular complexity index is 728. The van der Waals surface area contributed by atoms with Crippen molar-refractivity contribution >= 4 is 9.84 Å². The zero-order valence-corrected chi connectivity index (χ0v) is 12.5. The van der Waals surface area contributed by atoms with Gasteiger partial charge in [0.25, 0.3) is 0 Å². The summed E-state index contributed by atoms with van der Waals surface area (Å²) >= 11 is 0. The number of benzene rings is 1. The van der Waals surface area contributed by atoms with Crippen LogP contribution in [-0.2, 0) is 14.6 Å². The molecule has 0 aliphatic carbocycles. The van der Waals surface area contributed by atoms with Crippen LogP contribution in [0.5, 0.6) is 0 Å². The van der Waals surface area contributed by atoms with Gasteiger partial charge in [-0.3, -0.25) is 0 Å². The Kier molecular flexibility index (Phi) is 5.43. The molecule has 1 aromatic carbocycles. The first kappa shape index (κ1) is 19.0. The fourth-order valence-electron chi connectivity index (χ4n) is 1.55. The SMILES string of the molecule is C#C/C(=C(/OCC)C(F)(F)C(F)(F)F)S(=O)(=O)c1ccccc1. The summed E-state index contributed by atoms with van der Waals surface area (Å²) in [5.74, 6) is -6.27. The van der Waals surface area contributed by atoms with Crippen molar-refractivity contribution in [1.29, 1.82) is 0 Å². The zero-order valence-electron chi connectivity index (χ0n) is 11.7. The number of terminal acetylenes is 1. The Labute approximate surface area is 129 Å². The summed E-state index contributed by atoms with van der Waals surface area (Å²) in [4.78, 5) is -2.09. The average molecular weight is 354 g/mol. The van der Waals surface area contributed by atoms with Crippen molar-refractivity contribution in [2.75, 3.05) is 6.61 Å². The molecule has 0 unspecified atom stereocenters. The number of halogens is 5. The van der Waals surface area contributed by atoms with E-state index in [1.54, 1.807) is 0 Å². The van der Waals surface area contributed by atoms with Crippen molar-refractivity contribution in [1.82, 2.24) is 0 Å². The quantitative estimate of drug-likeness (QED) is 0.462. The van der Waals surface area contributed by atoms with Gasteiger partial charge in [0.15, 0.2) is 4.91 Å². The molecule has 1 rings (SSSR count). The lowest BCUT2D eigenvalue weighted by Crippen LogP contribution is -2.40. The maximum Gasteiger partial charge on any atom is 0.461 e. The summed E-state index contributed by atoms with van der Waals surface area (Å²) in [6.45, 7) is 0.492. The lowest BCUT2D eigenvalue weighted by Gasteiger charge is -2.23.